The Labute approximate surface area is 155 Å². The summed E-state index contributed by atoms with van der Waals surface area (Å²) in [6.07, 6.45) is 8.33. The highest BCUT2D eigenvalue weighted by Gasteiger charge is 2.27. The Hall–Kier alpha value is -1.63. The van der Waals surface area contributed by atoms with Crippen LogP contribution in [-0.4, -0.2) is 33.0 Å². The summed E-state index contributed by atoms with van der Waals surface area (Å²) < 4.78 is 34.1. The molecule has 1 fully saturated rings. The molecule has 1 atom stereocenters. The smallest absolute Gasteiger partial charge is 0.240 e. The van der Waals surface area contributed by atoms with Crippen LogP contribution in [0.25, 0.3) is 0 Å². The predicted molar refractivity (Wildman–Crippen MR) is 101 cm³/mol. The van der Waals surface area contributed by atoms with Crippen molar-refractivity contribution in [3.63, 3.8) is 0 Å². The molecule has 2 heterocycles. The second kappa shape index (κ2) is 7.55. The fraction of sp³-hybridized carbons (Fsp3) is 0.500. The number of aryl methyl sites for hydroxylation is 2. The molecule has 2 aromatic rings. The number of benzene rings is 1. The molecule has 5 nitrogen and oxygen atoms in total. The van der Waals surface area contributed by atoms with Crippen molar-refractivity contribution in [1.29, 1.82) is 0 Å². The lowest BCUT2D eigenvalue weighted by atomic mass is 10.1. The molecule has 1 aliphatic carbocycles. The average Bonchev–Trinajstić information content (AvgIpc) is 3.34. The van der Waals surface area contributed by atoms with Gasteiger partial charge in [-0.05, 0) is 80.6 Å². The molecule has 0 amide bonds. The third kappa shape index (κ3) is 3.72. The zero-order valence-corrected chi connectivity index (χ0v) is 15.8. The van der Waals surface area contributed by atoms with Crippen LogP contribution in [0.3, 0.4) is 0 Å². The van der Waals surface area contributed by atoms with E-state index in [0.717, 1.165) is 51.0 Å². The van der Waals surface area contributed by atoms with Crippen LogP contribution in [0.15, 0.2) is 45.9 Å². The number of nitrogens with zero attached hydrogens (tertiary/aromatic N) is 1. The Bertz CT molecular complexity index is 840. The molecular weight excluding hydrogens is 348 g/mol. The lowest BCUT2D eigenvalue weighted by molar-refractivity contribution is 0.147. The number of fused-ring (bicyclic) bond motifs is 1. The van der Waals surface area contributed by atoms with Crippen LogP contribution in [-0.2, 0) is 22.9 Å². The first-order valence-electron chi connectivity index (χ1n) is 9.52. The van der Waals surface area contributed by atoms with Crippen LogP contribution >= 0.6 is 0 Å². The Kier molecular flexibility index (Phi) is 5.16. The third-order valence-corrected chi connectivity index (χ3v) is 6.97. The molecular formula is C20H26N2O3S. The van der Waals surface area contributed by atoms with E-state index in [1.165, 1.54) is 17.5 Å². The van der Waals surface area contributed by atoms with E-state index in [0.29, 0.717) is 11.4 Å². The summed E-state index contributed by atoms with van der Waals surface area (Å²) in [4.78, 5) is 2.70. The second-order valence-corrected chi connectivity index (χ2v) is 9.03. The fourth-order valence-corrected chi connectivity index (χ4v) is 5.20. The topological polar surface area (TPSA) is 62.6 Å². The second-order valence-electron chi connectivity index (χ2n) is 7.26. The summed E-state index contributed by atoms with van der Waals surface area (Å²) in [5, 5.41) is 0. The Morgan fingerprint density at radius 2 is 1.85 bits per heavy atom. The molecule has 0 saturated carbocycles. The molecule has 0 spiro atoms. The highest BCUT2D eigenvalue weighted by molar-refractivity contribution is 7.89. The van der Waals surface area contributed by atoms with Crippen molar-refractivity contribution in [1.82, 2.24) is 9.62 Å². The van der Waals surface area contributed by atoms with Crippen molar-refractivity contribution in [3.05, 3.63) is 53.5 Å². The maximum Gasteiger partial charge on any atom is 0.240 e. The largest absolute Gasteiger partial charge is 0.468 e. The van der Waals surface area contributed by atoms with E-state index < -0.39 is 10.0 Å². The molecule has 1 aliphatic heterocycles. The van der Waals surface area contributed by atoms with E-state index in [4.69, 9.17) is 4.42 Å². The van der Waals surface area contributed by atoms with E-state index in [9.17, 15) is 8.42 Å². The highest BCUT2D eigenvalue weighted by atomic mass is 32.2. The van der Waals surface area contributed by atoms with E-state index in [2.05, 4.69) is 9.62 Å². The van der Waals surface area contributed by atoms with Gasteiger partial charge >= 0.3 is 0 Å². The van der Waals surface area contributed by atoms with Crippen molar-refractivity contribution in [2.45, 2.75) is 49.5 Å². The minimum absolute atomic E-state index is 0.0606. The molecule has 1 saturated heterocycles. The number of hydrogen-bond acceptors (Lipinski definition) is 4. The monoisotopic (exact) mass is 374 g/mol. The molecule has 0 bridgehead atoms. The van der Waals surface area contributed by atoms with Crippen LogP contribution in [0.5, 0.6) is 0 Å². The van der Waals surface area contributed by atoms with Crippen molar-refractivity contribution < 1.29 is 12.8 Å². The third-order valence-electron chi connectivity index (χ3n) is 5.55. The summed E-state index contributed by atoms with van der Waals surface area (Å²) in [5.74, 6) is 0.823. The Morgan fingerprint density at radius 1 is 1.04 bits per heavy atom. The summed E-state index contributed by atoms with van der Waals surface area (Å²) in [5.41, 5.74) is 2.46. The summed E-state index contributed by atoms with van der Waals surface area (Å²) >= 11 is 0. The van der Waals surface area contributed by atoms with Gasteiger partial charge in [0.2, 0.25) is 10.0 Å². The van der Waals surface area contributed by atoms with E-state index in [1.807, 2.05) is 24.3 Å². The van der Waals surface area contributed by atoms with E-state index in [1.54, 1.807) is 12.3 Å². The van der Waals surface area contributed by atoms with E-state index >= 15 is 0 Å². The van der Waals surface area contributed by atoms with Gasteiger partial charge in [-0.3, -0.25) is 4.90 Å². The van der Waals surface area contributed by atoms with Gasteiger partial charge in [0.1, 0.15) is 5.76 Å². The van der Waals surface area contributed by atoms with Crippen LogP contribution in [0.1, 0.15) is 48.6 Å². The van der Waals surface area contributed by atoms with Gasteiger partial charge in [0.25, 0.3) is 0 Å². The number of sulfonamides is 1. The number of hydrogen-bond donors (Lipinski definition) is 1. The average molecular weight is 375 g/mol. The highest BCUT2D eigenvalue weighted by Crippen LogP contribution is 2.27. The number of furan rings is 1. The van der Waals surface area contributed by atoms with Crippen molar-refractivity contribution in [2.24, 2.45) is 0 Å². The first-order valence-corrected chi connectivity index (χ1v) is 11.0. The summed E-state index contributed by atoms with van der Waals surface area (Å²) in [6.45, 7) is 2.28. The fourth-order valence-electron chi connectivity index (χ4n) is 4.11. The van der Waals surface area contributed by atoms with Gasteiger partial charge in [0, 0.05) is 6.54 Å². The van der Waals surface area contributed by atoms with Gasteiger partial charge in [-0.2, -0.15) is 0 Å². The molecule has 26 heavy (non-hydrogen) atoms. The van der Waals surface area contributed by atoms with Crippen LogP contribution in [0.4, 0.5) is 0 Å². The summed E-state index contributed by atoms with van der Waals surface area (Å²) in [6, 6.07) is 9.27. The maximum absolute atomic E-state index is 12.8. The first-order chi connectivity index (χ1) is 12.6. The maximum atomic E-state index is 12.8. The molecule has 1 aromatic heterocycles. The molecule has 6 heteroatoms. The van der Waals surface area contributed by atoms with Crippen molar-refractivity contribution >= 4 is 10.0 Å². The van der Waals surface area contributed by atoms with Gasteiger partial charge in [-0.15, -0.1) is 0 Å². The van der Waals surface area contributed by atoms with Crippen LogP contribution in [0.2, 0.25) is 0 Å². The normalized spacial score (nSPS) is 19.4. The van der Waals surface area contributed by atoms with Gasteiger partial charge in [-0.1, -0.05) is 12.5 Å². The SMILES string of the molecule is O=S(=O)(NCC(c1ccco1)N1CCCCC1)c1ccc2c(c1)CCC2. The van der Waals surface area contributed by atoms with Crippen LogP contribution < -0.4 is 4.72 Å². The molecule has 1 aromatic carbocycles. The van der Waals surface area contributed by atoms with Crippen molar-refractivity contribution in [2.75, 3.05) is 19.6 Å². The first kappa shape index (κ1) is 17.8. The zero-order chi connectivity index (χ0) is 18.0. The number of rotatable bonds is 6. The Balaban J connectivity index is 1.51. The standard InChI is InChI=1S/C20H26N2O3S/c23-26(24,18-10-9-16-6-4-7-17(16)14-18)21-15-19(20-8-5-13-25-20)22-11-2-1-3-12-22/h5,8-10,13-14,19,21H,1-4,6-7,11-12,15H2. The number of likely N-dealkylation sites (tertiary alicyclic amines) is 1. The van der Waals surface area contributed by atoms with Gasteiger partial charge < -0.3 is 4.42 Å². The van der Waals surface area contributed by atoms with Gasteiger partial charge in [-0.25, -0.2) is 13.1 Å². The molecule has 2 aliphatic rings. The zero-order valence-electron chi connectivity index (χ0n) is 15.0. The minimum atomic E-state index is -3.52. The van der Waals surface area contributed by atoms with Gasteiger partial charge in [0.05, 0.1) is 17.2 Å². The minimum Gasteiger partial charge on any atom is -0.468 e. The number of nitrogens with one attached hydrogen (secondary N) is 1. The molecule has 0 radical (unpaired) electrons. The molecule has 4 rings (SSSR count). The molecule has 140 valence electrons. The van der Waals surface area contributed by atoms with Gasteiger partial charge in [0.15, 0.2) is 0 Å². The quantitative estimate of drug-likeness (QED) is 0.843. The molecule has 1 unspecified atom stereocenters. The van der Waals surface area contributed by atoms with Crippen molar-refractivity contribution in [3.8, 4) is 0 Å². The lowest BCUT2D eigenvalue weighted by Crippen LogP contribution is -2.40. The number of piperidine rings is 1. The summed E-state index contributed by atoms with van der Waals surface area (Å²) in [7, 11) is -3.52. The molecule has 1 N–H and O–H groups in total. The van der Waals surface area contributed by atoms with Crippen LogP contribution in [0, 0.1) is 0 Å². The lowest BCUT2D eigenvalue weighted by Gasteiger charge is -2.33. The predicted octanol–water partition coefficient (Wildman–Crippen LogP) is 3.27. The Morgan fingerprint density at radius 3 is 2.62 bits per heavy atom. The van der Waals surface area contributed by atoms with E-state index in [-0.39, 0.29) is 6.04 Å².